The van der Waals surface area contributed by atoms with Gasteiger partial charge in [0.15, 0.2) is 0 Å². The van der Waals surface area contributed by atoms with E-state index < -0.39 is 10.0 Å². The van der Waals surface area contributed by atoms with E-state index in [-0.39, 0.29) is 34.6 Å². The molecule has 2 fully saturated rings. The van der Waals surface area contributed by atoms with Crippen molar-refractivity contribution in [2.75, 3.05) is 26.3 Å². The zero-order valence-corrected chi connectivity index (χ0v) is 24.2. The summed E-state index contributed by atoms with van der Waals surface area (Å²) in [7, 11) is -3.68. The van der Waals surface area contributed by atoms with Crippen LogP contribution in [0.1, 0.15) is 49.8 Å². The number of ether oxygens (including phenoxy) is 1. The maximum atomic E-state index is 13.2. The van der Waals surface area contributed by atoms with Crippen molar-refractivity contribution in [1.82, 2.24) is 14.9 Å². The number of hydrogen-bond acceptors (Lipinski definition) is 5. The molecule has 1 aliphatic heterocycles. The van der Waals surface area contributed by atoms with Gasteiger partial charge in [0.25, 0.3) is 0 Å². The summed E-state index contributed by atoms with van der Waals surface area (Å²) in [5.74, 6) is -0.529. The summed E-state index contributed by atoms with van der Waals surface area (Å²) in [6.07, 6.45) is 2.40. The molecule has 1 amide bonds. The number of rotatable bonds is 9. The van der Waals surface area contributed by atoms with Gasteiger partial charge in [0.05, 0.1) is 24.2 Å². The summed E-state index contributed by atoms with van der Waals surface area (Å²) < 4.78 is 47.7. The van der Waals surface area contributed by atoms with Gasteiger partial charge in [-0.15, -0.1) is 0 Å². The molecule has 218 valence electrons. The molecule has 1 atom stereocenters. The Morgan fingerprint density at radius 1 is 0.951 bits per heavy atom. The molecule has 0 radical (unpaired) electrons. The number of sulfonamides is 1. The maximum Gasteiger partial charge on any atom is 0.240 e. The lowest BCUT2D eigenvalue weighted by Gasteiger charge is -2.29. The van der Waals surface area contributed by atoms with Gasteiger partial charge in [-0.3, -0.25) is 9.69 Å². The third-order valence-corrected chi connectivity index (χ3v) is 9.62. The first kappa shape index (κ1) is 29.4. The quantitative estimate of drug-likeness (QED) is 0.371. The van der Waals surface area contributed by atoms with Gasteiger partial charge in [-0.2, -0.15) is 0 Å². The number of nitrogens with one attached hydrogen (secondary N) is 2. The predicted molar refractivity (Wildman–Crippen MR) is 157 cm³/mol. The average Bonchev–Trinajstić information content (AvgIpc) is 2.98. The molecule has 3 aromatic rings. The molecule has 7 nitrogen and oxygen atoms in total. The topological polar surface area (TPSA) is 87.7 Å². The average molecular weight is 580 g/mol. The minimum atomic E-state index is -3.68. The van der Waals surface area contributed by atoms with Gasteiger partial charge in [0.1, 0.15) is 5.82 Å². The van der Waals surface area contributed by atoms with Crippen LogP contribution in [-0.2, 0) is 26.1 Å². The van der Waals surface area contributed by atoms with E-state index in [1.54, 1.807) is 24.3 Å². The highest BCUT2D eigenvalue weighted by atomic mass is 32.2. The Hall–Kier alpha value is -3.11. The summed E-state index contributed by atoms with van der Waals surface area (Å²) in [5.41, 5.74) is 4.08. The number of hydrogen-bond donors (Lipinski definition) is 2. The van der Waals surface area contributed by atoms with Crippen LogP contribution in [0.3, 0.4) is 0 Å². The van der Waals surface area contributed by atoms with Gasteiger partial charge in [-0.25, -0.2) is 17.5 Å². The van der Waals surface area contributed by atoms with Crippen LogP contribution in [0.15, 0.2) is 77.7 Å². The molecule has 0 aromatic heterocycles. The van der Waals surface area contributed by atoms with E-state index >= 15 is 0 Å². The molecule has 0 bridgehead atoms. The number of carbonyl (C=O) groups is 1. The molecule has 41 heavy (non-hydrogen) atoms. The molecule has 1 saturated heterocycles. The molecule has 1 unspecified atom stereocenters. The second-order valence-electron chi connectivity index (χ2n) is 11.1. The molecule has 2 N–H and O–H groups in total. The molecular weight excluding hydrogens is 541 g/mol. The highest BCUT2D eigenvalue weighted by Gasteiger charge is 2.30. The van der Waals surface area contributed by atoms with E-state index in [2.05, 4.69) is 27.1 Å². The third-order valence-electron chi connectivity index (χ3n) is 8.08. The fourth-order valence-electron chi connectivity index (χ4n) is 5.62. The molecule has 0 spiro atoms. The number of carbonyl (C=O) groups excluding carboxylic acids is 1. The molecule has 1 saturated carbocycles. The van der Waals surface area contributed by atoms with Crippen molar-refractivity contribution in [3.63, 3.8) is 0 Å². The number of halogens is 1. The first-order chi connectivity index (χ1) is 19.8. The summed E-state index contributed by atoms with van der Waals surface area (Å²) in [5, 5.41) is 3.01. The predicted octanol–water partition coefficient (Wildman–Crippen LogP) is 5.04. The number of amides is 1. The van der Waals surface area contributed by atoms with Gasteiger partial charge in [0.2, 0.25) is 15.9 Å². The van der Waals surface area contributed by atoms with Gasteiger partial charge in [-0.1, -0.05) is 42.5 Å². The van der Waals surface area contributed by atoms with Crippen molar-refractivity contribution in [3.8, 4) is 11.1 Å². The van der Waals surface area contributed by atoms with E-state index in [0.29, 0.717) is 25.7 Å². The fourth-order valence-corrected chi connectivity index (χ4v) is 6.93. The minimum Gasteiger partial charge on any atom is -0.379 e. The molecule has 1 heterocycles. The first-order valence-corrected chi connectivity index (χ1v) is 15.8. The van der Waals surface area contributed by atoms with Crippen LogP contribution < -0.4 is 10.0 Å². The molecule has 3 aromatic carbocycles. The van der Waals surface area contributed by atoms with E-state index in [9.17, 15) is 17.6 Å². The van der Waals surface area contributed by atoms with Crippen LogP contribution >= 0.6 is 0 Å². The lowest BCUT2D eigenvalue weighted by molar-refractivity contribution is -0.126. The third kappa shape index (κ3) is 7.80. The first-order valence-electron chi connectivity index (χ1n) is 14.3. The summed E-state index contributed by atoms with van der Waals surface area (Å²) in [6.45, 7) is 6.12. The molecule has 9 heteroatoms. The molecule has 2 aliphatic rings. The maximum absolute atomic E-state index is 13.2. The Labute approximate surface area is 242 Å². The highest BCUT2D eigenvalue weighted by Crippen LogP contribution is 2.28. The Morgan fingerprint density at radius 2 is 1.63 bits per heavy atom. The molecule has 1 aliphatic carbocycles. The summed E-state index contributed by atoms with van der Waals surface area (Å²) >= 11 is 0. The van der Waals surface area contributed by atoms with E-state index in [0.717, 1.165) is 49.5 Å². The summed E-state index contributed by atoms with van der Waals surface area (Å²) in [6, 6.07) is 21.0. The number of morpholine rings is 1. The van der Waals surface area contributed by atoms with Crippen molar-refractivity contribution in [2.24, 2.45) is 5.92 Å². The second kappa shape index (κ2) is 13.2. The van der Waals surface area contributed by atoms with Gasteiger partial charge >= 0.3 is 0 Å². The van der Waals surface area contributed by atoms with Crippen molar-refractivity contribution in [1.29, 1.82) is 0 Å². The van der Waals surface area contributed by atoms with Crippen LogP contribution in [0.25, 0.3) is 11.1 Å². The zero-order valence-electron chi connectivity index (χ0n) is 23.4. The van der Waals surface area contributed by atoms with E-state index in [1.165, 1.54) is 17.7 Å². The van der Waals surface area contributed by atoms with Crippen molar-refractivity contribution < 1.29 is 22.3 Å². The highest BCUT2D eigenvalue weighted by molar-refractivity contribution is 7.89. The van der Waals surface area contributed by atoms with Crippen LogP contribution in [0.5, 0.6) is 0 Å². The van der Waals surface area contributed by atoms with Crippen molar-refractivity contribution in [3.05, 3.63) is 89.7 Å². The van der Waals surface area contributed by atoms with Crippen molar-refractivity contribution >= 4 is 15.9 Å². The Bertz CT molecular complexity index is 1420. The Balaban J connectivity index is 1.13. The summed E-state index contributed by atoms with van der Waals surface area (Å²) in [4.78, 5) is 15.4. The van der Waals surface area contributed by atoms with E-state index in [1.807, 2.05) is 31.2 Å². The standard InChI is InChI=1S/C32H38FN3O4S/c1-23(25-5-11-29(33)12-6-25)34-32(37)27-7-13-30(14-8-27)35-41(38,39)31-15-9-26(10-16-31)28-4-2-3-24(21-28)22-36-17-19-40-20-18-36/h2-6,9-12,15-16,21,23,27,30,35H,7-8,13-14,17-20,22H2,1H3,(H,34,37). The smallest absolute Gasteiger partial charge is 0.240 e. The van der Waals surface area contributed by atoms with Crippen LogP contribution in [0.4, 0.5) is 4.39 Å². The van der Waals surface area contributed by atoms with Crippen LogP contribution in [0.2, 0.25) is 0 Å². The fraction of sp³-hybridized carbons (Fsp3) is 0.406. The van der Waals surface area contributed by atoms with Gasteiger partial charge < -0.3 is 10.1 Å². The normalized spacial score (nSPS) is 20.8. The lowest BCUT2D eigenvalue weighted by atomic mass is 9.85. The SMILES string of the molecule is CC(NC(=O)C1CCC(NS(=O)(=O)c2ccc(-c3cccc(CN4CCOCC4)c3)cc2)CC1)c1ccc(F)cc1. The zero-order chi connectivity index (χ0) is 28.8. The lowest BCUT2D eigenvalue weighted by Crippen LogP contribution is -2.41. The number of nitrogens with zero attached hydrogens (tertiary/aromatic N) is 1. The van der Waals surface area contributed by atoms with Crippen LogP contribution in [-0.4, -0.2) is 51.6 Å². The Kier molecular flexibility index (Phi) is 9.49. The monoisotopic (exact) mass is 579 g/mol. The number of benzene rings is 3. The van der Waals surface area contributed by atoms with Gasteiger partial charge in [-0.05, 0) is 85.2 Å². The largest absolute Gasteiger partial charge is 0.379 e. The molecular formula is C32H38FN3O4S. The van der Waals surface area contributed by atoms with E-state index in [4.69, 9.17) is 4.74 Å². The van der Waals surface area contributed by atoms with Crippen LogP contribution in [0, 0.1) is 11.7 Å². The van der Waals surface area contributed by atoms with Gasteiger partial charge in [0, 0.05) is 31.6 Å². The second-order valence-corrected chi connectivity index (χ2v) is 12.8. The minimum absolute atomic E-state index is 0.0484. The Morgan fingerprint density at radius 3 is 2.32 bits per heavy atom. The molecule has 5 rings (SSSR count). The van der Waals surface area contributed by atoms with Crippen molar-refractivity contribution in [2.45, 2.75) is 56.1 Å².